The van der Waals surface area contributed by atoms with E-state index in [1.54, 1.807) is 7.85 Å². The van der Waals surface area contributed by atoms with Crippen molar-refractivity contribution in [3.63, 3.8) is 0 Å². The summed E-state index contributed by atoms with van der Waals surface area (Å²) in [6.07, 6.45) is 2.27. The van der Waals surface area contributed by atoms with E-state index in [0.717, 1.165) is 19.3 Å². The maximum Gasteiger partial charge on any atom is 0.146 e. The van der Waals surface area contributed by atoms with Crippen LogP contribution in [0, 0.1) is 0 Å². The summed E-state index contributed by atoms with van der Waals surface area (Å²) in [5.41, 5.74) is 0. The molecule has 0 bridgehead atoms. The number of hydrogen-bond donors (Lipinski definition) is 0. The smallest absolute Gasteiger partial charge is 0.146 e. The van der Waals surface area contributed by atoms with Crippen molar-refractivity contribution >= 4 is 7.85 Å². The maximum atomic E-state index is 11.9. The second-order valence-corrected chi connectivity index (χ2v) is 1.92. The summed E-state index contributed by atoms with van der Waals surface area (Å²) < 4.78 is 11.9. The van der Waals surface area contributed by atoms with E-state index in [9.17, 15) is 4.39 Å². The van der Waals surface area contributed by atoms with Crippen LogP contribution in [0.25, 0.3) is 0 Å². The summed E-state index contributed by atoms with van der Waals surface area (Å²) in [6.45, 7) is 2.07. The summed E-state index contributed by atoms with van der Waals surface area (Å²) in [5, 5.41) is 0. The normalized spacial score (nSPS) is 14.0. The Labute approximate surface area is 45.5 Å². The minimum absolute atomic E-state index is 0.597. The van der Waals surface area contributed by atoms with Crippen LogP contribution in [-0.2, 0) is 0 Å². The molecule has 42 valence electrons. The number of alkyl halides is 1. The Morgan fingerprint density at radius 2 is 2.29 bits per heavy atom. The molecular formula is C5H12BF. The molecule has 0 aromatic heterocycles. The minimum atomic E-state index is -0.597. The lowest BCUT2D eigenvalue weighted by atomic mass is 9.97. The molecule has 0 aliphatic carbocycles. The zero-order valence-electron chi connectivity index (χ0n) is 5.08. The zero-order chi connectivity index (χ0) is 5.70. The van der Waals surface area contributed by atoms with E-state index >= 15 is 0 Å². The van der Waals surface area contributed by atoms with E-state index in [1.165, 1.54) is 0 Å². The average molecular weight is 102 g/mol. The van der Waals surface area contributed by atoms with E-state index < -0.39 is 6.07 Å². The van der Waals surface area contributed by atoms with Gasteiger partial charge in [-0.2, -0.15) is 0 Å². The van der Waals surface area contributed by atoms with Crippen molar-refractivity contribution in [2.45, 2.75) is 32.3 Å². The molecule has 0 heterocycles. The highest BCUT2D eigenvalue weighted by atomic mass is 19.1. The quantitative estimate of drug-likeness (QED) is 0.468. The highest BCUT2D eigenvalue weighted by Gasteiger charge is 1.93. The summed E-state index contributed by atoms with van der Waals surface area (Å²) in [5.74, 6) is 0. The predicted octanol–water partition coefficient (Wildman–Crippen LogP) is 1.11. The third-order valence-electron chi connectivity index (χ3n) is 0.955. The molecule has 0 aliphatic heterocycles. The molecule has 0 aromatic rings. The number of unbranched alkanes of at least 4 members (excludes halogenated alkanes) is 1. The van der Waals surface area contributed by atoms with Crippen LogP contribution in [0.5, 0.6) is 0 Å². The topological polar surface area (TPSA) is 0 Å². The van der Waals surface area contributed by atoms with Gasteiger partial charge in [-0.3, -0.25) is 4.39 Å². The molecule has 0 nitrogen and oxygen atoms in total. The van der Waals surface area contributed by atoms with E-state index in [1.807, 2.05) is 0 Å². The van der Waals surface area contributed by atoms with E-state index in [-0.39, 0.29) is 0 Å². The van der Waals surface area contributed by atoms with E-state index in [0.29, 0.717) is 0 Å². The first kappa shape index (κ1) is 6.99. The summed E-state index contributed by atoms with van der Waals surface area (Å²) in [7, 11) is 1.61. The Bertz CT molecular complexity index is 37.1. The molecule has 1 atom stereocenters. The van der Waals surface area contributed by atoms with Crippen LogP contribution in [-0.4, -0.2) is 13.9 Å². The molecule has 0 N–H and O–H groups in total. The second-order valence-electron chi connectivity index (χ2n) is 1.92. The molecule has 0 saturated heterocycles. The molecule has 0 aromatic carbocycles. The van der Waals surface area contributed by atoms with Gasteiger partial charge in [0.15, 0.2) is 0 Å². The van der Waals surface area contributed by atoms with Crippen molar-refractivity contribution in [1.29, 1.82) is 0 Å². The van der Waals surface area contributed by atoms with Crippen LogP contribution >= 0.6 is 0 Å². The fourth-order valence-electron chi connectivity index (χ4n) is 0.485. The van der Waals surface area contributed by atoms with Crippen LogP contribution in [0.3, 0.4) is 0 Å². The Morgan fingerprint density at radius 1 is 1.71 bits per heavy atom. The van der Waals surface area contributed by atoms with Gasteiger partial charge < -0.3 is 0 Å². The highest BCUT2D eigenvalue weighted by Crippen LogP contribution is 1.98. The van der Waals surface area contributed by atoms with Crippen molar-refractivity contribution in [2.24, 2.45) is 0 Å². The summed E-state index contributed by atoms with van der Waals surface area (Å²) in [4.78, 5) is 0. The molecule has 0 saturated carbocycles. The van der Waals surface area contributed by atoms with Gasteiger partial charge in [0.25, 0.3) is 0 Å². The van der Waals surface area contributed by atoms with Gasteiger partial charge >= 0.3 is 0 Å². The van der Waals surface area contributed by atoms with Gasteiger partial charge in [-0.05, 0) is 6.42 Å². The molecule has 0 spiro atoms. The first-order chi connectivity index (χ1) is 3.27. The fourth-order valence-corrected chi connectivity index (χ4v) is 0.485. The molecule has 7 heavy (non-hydrogen) atoms. The van der Waals surface area contributed by atoms with Gasteiger partial charge in [0.2, 0.25) is 0 Å². The average Bonchev–Trinajstić information content (AvgIpc) is 1.61. The Kier molecular flexibility index (Phi) is 4.16. The second kappa shape index (κ2) is 4.16. The first-order valence-corrected chi connectivity index (χ1v) is 2.91. The SMILES string of the molecule is BC(F)CCCC. The lowest BCUT2D eigenvalue weighted by Crippen LogP contribution is -1.96. The predicted molar refractivity (Wildman–Crippen MR) is 33.0 cm³/mol. The standard InChI is InChI=1S/C5H12BF/c1-2-3-4-5(6)7/h5H,2-4,6H2,1H3. The first-order valence-electron chi connectivity index (χ1n) is 2.91. The van der Waals surface area contributed by atoms with Gasteiger partial charge in [0.05, 0.1) is 6.07 Å². The van der Waals surface area contributed by atoms with Crippen molar-refractivity contribution in [2.75, 3.05) is 0 Å². The Morgan fingerprint density at radius 3 is 2.43 bits per heavy atom. The molecule has 0 rings (SSSR count). The lowest BCUT2D eigenvalue weighted by Gasteiger charge is -1.95. The van der Waals surface area contributed by atoms with Gasteiger partial charge in [-0.1, -0.05) is 19.8 Å². The Balaban J connectivity index is 2.68. The number of rotatable bonds is 3. The van der Waals surface area contributed by atoms with Gasteiger partial charge in [-0.15, -0.1) is 0 Å². The third kappa shape index (κ3) is 5.99. The van der Waals surface area contributed by atoms with Crippen molar-refractivity contribution in [3.8, 4) is 0 Å². The van der Waals surface area contributed by atoms with Gasteiger partial charge in [0.1, 0.15) is 7.85 Å². The van der Waals surface area contributed by atoms with E-state index in [4.69, 9.17) is 0 Å². The van der Waals surface area contributed by atoms with Crippen LogP contribution in [0.1, 0.15) is 26.2 Å². The molecule has 0 fully saturated rings. The van der Waals surface area contributed by atoms with Crippen LogP contribution < -0.4 is 0 Å². The summed E-state index contributed by atoms with van der Waals surface area (Å²) >= 11 is 0. The zero-order valence-corrected chi connectivity index (χ0v) is 5.08. The van der Waals surface area contributed by atoms with Crippen LogP contribution in [0.15, 0.2) is 0 Å². The van der Waals surface area contributed by atoms with Crippen LogP contribution in [0.4, 0.5) is 4.39 Å². The highest BCUT2D eigenvalue weighted by molar-refractivity contribution is 6.10. The maximum absolute atomic E-state index is 11.9. The molecule has 1 unspecified atom stereocenters. The minimum Gasteiger partial charge on any atom is -0.258 e. The fraction of sp³-hybridized carbons (Fsp3) is 1.00. The molecule has 0 aliphatic rings. The monoisotopic (exact) mass is 102 g/mol. The molecule has 0 radical (unpaired) electrons. The number of halogens is 1. The number of hydrogen-bond acceptors (Lipinski definition) is 0. The van der Waals surface area contributed by atoms with Crippen molar-refractivity contribution in [3.05, 3.63) is 0 Å². The van der Waals surface area contributed by atoms with Crippen molar-refractivity contribution in [1.82, 2.24) is 0 Å². The molecule has 0 amide bonds. The molecule has 2 heteroatoms. The largest absolute Gasteiger partial charge is 0.258 e. The third-order valence-corrected chi connectivity index (χ3v) is 0.955. The molecular weight excluding hydrogens is 89.9 g/mol. The lowest BCUT2D eigenvalue weighted by molar-refractivity contribution is 0.409. The van der Waals surface area contributed by atoms with Crippen molar-refractivity contribution < 1.29 is 4.39 Å². The van der Waals surface area contributed by atoms with Crippen LogP contribution in [0.2, 0.25) is 0 Å². The van der Waals surface area contributed by atoms with Gasteiger partial charge in [-0.25, -0.2) is 0 Å². The van der Waals surface area contributed by atoms with Gasteiger partial charge in [0, 0.05) is 0 Å². The Hall–Kier alpha value is -0.00506. The van der Waals surface area contributed by atoms with E-state index in [2.05, 4.69) is 6.92 Å². The summed E-state index contributed by atoms with van der Waals surface area (Å²) in [6, 6.07) is 0.